The number of nitrogens with one attached hydrogen (secondary N) is 1. The Labute approximate surface area is 164 Å². The summed E-state index contributed by atoms with van der Waals surface area (Å²) in [7, 11) is 0. The number of aryl methyl sites for hydroxylation is 1. The van der Waals surface area contributed by atoms with Gasteiger partial charge in [0, 0.05) is 30.0 Å². The molecule has 5 rings (SSSR count). The largest absolute Gasteiger partial charge is 0.380 e. The summed E-state index contributed by atoms with van der Waals surface area (Å²) < 4.78 is 10.4. The van der Waals surface area contributed by atoms with E-state index >= 15 is 0 Å². The van der Waals surface area contributed by atoms with E-state index in [0.29, 0.717) is 22.7 Å². The van der Waals surface area contributed by atoms with Crippen LogP contribution in [0.3, 0.4) is 0 Å². The van der Waals surface area contributed by atoms with Crippen LogP contribution in [-0.2, 0) is 4.74 Å². The lowest BCUT2D eigenvalue weighted by atomic mass is 9.77. The molecule has 0 bridgehead atoms. The second-order valence-corrected chi connectivity index (χ2v) is 8.72. The molecule has 0 atom stereocenters. The van der Waals surface area contributed by atoms with Gasteiger partial charge in [0.05, 0.1) is 18.8 Å². The number of amides is 1. The van der Waals surface area contributed by atoms with Crippen molar-refractivity contribution in [2.45, 2.75) is 38.1 Å². The molecule has 148 valence electrons. The lowest BCUT2D eigenvalue weighted by Gasteiger charge is -2.47. The van der Waals surface area contributed by atoms with Crippen LogP contribution in [0.4, 0.5) is 0 Å². The van der Waals surface area contributed by atoms with Crippen molar-refractivity contribution in [2.24, 2.45) is 5.41 Å². The zero-order chi connectivity index (χ0) is 19.2. The fourth-order valence-corrected chi connectivity index (χ4v) is 4.27. The summed E-state index contributed by atoms with van der Waals surface area (Å²) in [5.74, 6) is 1.07. The van der Waals surface area contributed by atoms with Crippen LogP contribution < -0.4 is 5.32 Å². The van der Waals surface area contributed by atoms with E-state index in [-0.39, 0.29) is 11.4 Å². The van der Waals surface area contributed by atoms with E-state index in [4.69, 9.17) is 9.26 Å². The molecule has 1 aromatic heterocycles. The molecule has 2 aliphatic heterocycles. The third-order valence-electron chi connectivity index (χ3n) is 6.42. The van der Waals surface area contributed by atoms with Gasteiger partial charge in [0.1, 0.15) is 0 Å². The Morgan fingerprint density at radius 2 is 1.86 bits per heavy atom. The van der Waals surface area contributed by atoms with Crippen molar-refractivity contribution < 1.29 is 14.1 Å². The zero-order valence-corrected chi connectivity index (χ0v) is 16.2. The highest BCUT2D eigenvalue weighted by atomic mass is 16.5. The van der Waals surface area contributed by atoms with Gasteiger partial charge in [-0.3, -0.25) is 4.79 Å². The van der Waals surface area contributed by atoms with Crippen LogP contribution in [-0.4, -0.2) is 59.3 Å². The monoisotopic (exact) mass is 382 g/mol. The van der Waals surface area contributed by atoms with Gasteiger partial charge in [-0.2, -0.15) is 4.98 Å². The first-order chi connectivity index (χ1) is 13.5. The average molecular weight is 382 g/mol. The molecule has 28 heavy (non-hydrogen) atoms. The van der Waals surface area contributed by atoms with Crippen LogP contribution in [0.5, 0.6) is 0 Å². The van der Waals surface area contributed by atoms with Crippen LogP contribution in [0.2, 0.25) is 0 Å². The Balaban J connectivity index is 1.18. The number of ether oxygens (including phenoxy) is 1. The standard InChI is InChI=1S/C21H26N4O3/c1-15-22-18(24-28-15)16-2-4-17(5-3-16)19(26)23-21(6-7-21)12-25-10-8-20(9-11-25)13-27-14-20/h2-5H,6-14H2,1H3,(H,23,26). The fourth-order valence-electron chi connectivity index (χ4n) is 4.27. The van der Waals surface area contributed by atoms with Crippen molar-refractivity contribution in [2.75, 3.05) is 32.8 Å². The molecule has 7 heteroatoms. The zero-order valence-electron chi connectivity index (χ0n) is 16.2. The molecule has 1 aromatic carbocycles. The minimum atomic E-state index is -0.0544. The number of carbonyl (C=O) groups excluding carboxylic acids is 1. The molecule has 2 aromatic rings. The molecule has 1 spiro atoms. The minimum absolute atomic E-state index is 0.00536. The van der Waals surface area contributed by atoms with Gasteiger partial charge in [0.15, 0.2) is 0 Å². The molecule has 7 nitrogen and oxygen atoms in total. The Morgan fingerprint density at radius 3 is 2.39 bits per heavy atom. The lowest BCUT2D eigenvalue weighted by molar-refractivity contribution is -0.140. The molecule has 1 aliphatic carbocycles. The van der Waals surface area contributed by atoms with Crippen molar-refractivity contribution >= 4 is 5.91 Å². The summed E-state index contributed by atoms with van der Waals surface area (Å²) in [4.78, 5) is 19.5. The Bertz CT molecular complexity index is 858. The number of hydrogen-bond acceptors (Lipinski definition) is 6. The van der Waals surface area contributed by atoms with E-state index < -0.39 is 0 Å². The maximum absolute atomic E-state index is 12.8. The molecule has 1 amide bonds. The maximum Gasteiger partial charge on any atom is 0.251 e. The van der Waals surface area contributed by atoms with E-state index in [9.17, 15) is 4.79 Å². The molecule has 1 N–H and O–H groups in total. The van der Waals surface area contributed by atoms with Crippen LogP contribution in [0.1, 0.15) is 41.9 Å². The topological polar surface area (TPSA) is 80.5 Å². The Hall–Kier alpha value is -2.25. The summed E-state index contributed by atoms with van der Waals surface area (Å²) in [5, 5.41) is 7.20. The molecule has 3 fully saturated rings. The second-order valence-electron chi connectivity index (χ2n) is 8.72. The van der Waals surface area contributed by atoms with Crippen LogP contribution in [0.15, 0.2) is 28.8 Å². The first kappa shape index (κ1) is 17.8. The molecule has 0 unspecified atom stereocenters. The highest BCUT2D eigenvalue weighted by Gasteiger charge is 2.47. The summed E-state index contributed by atoms with van der Waals surface area (Å²) >= 11 is 0. The van der Waals surface area contributed by atoms with E-state index in [0.717, 1.165) is 51.3 Å². The van der Waals surface area contributed by atoms with Gasteiger partial charge in [-0.25, -0.2) is 0 Å². The smallest absolute Gasteiger partial charge is 0.251 e. The maximum atomic E-state index is 12.8. The van der Waals surface area contributed by atoms with Gasteiger partial charge < -0.3 is 19.5 Å². The Morgan fingerprint density at radius 1 is 1.14 bits per heavy atom. The third-order valence-corrected chi connectivity index (χ3v) is 6.42. The predicted molar refractivity (Wildman–Crippen MR) is 103 cm³/mol. The summed E-state index contributed by atoms with van der Waals surface area (Å²) in [6.07, 6.45) is 4.55. The number of nitrogens with zero attached hydrogens (tertiary/aromatic N) is 3. The van der Waals surface area contributed by atoms with Gasteiger partial charge in [-0.15, -0.1) is 0 Å². The number of carbonyl (C=O) groups is 1. The van der Waals surface area contributed by atoms with E-state index in [1.54, 1.807) is 6.92 Å². The molecular formula is C21H26N4O3. The van der Waals surface area contributed by atoms with E-state index in [1.807, 2.05) is 24.3 Å². The number of piperidine rings is 1. The molecular weight excluding hydrogens is 356 g/mol. The average Bonchev–Trinajstić information content (AvgIpc) is 3.28. The normalized spacial score (nSPS) is 22.6. The quantitative estimate of drug-likeness (QED) is 0.855. The molecule has 2 saturated heterocycles. The number of rotatable bonds is 5. The van der Waals surface area contributed by atoms with Crippen LogP contribution in [0.25, 0.3) is 11.4 Å². The van der Waals surface area contributed by atoms with Gasteiger partial charge in [0.25, 0.3) is 5.91 Å². The van der Waals surface area contributed by atoms with Crippen molar-refractivity contribution in [1.82, 2.24) is 20.4 Å². The van der Waals surface area contributed by atoms with Gasteiger partial charge in [0.2, 0.25) is 11.7 Å². The van der Waals surface area contributed by atoms with Crippen molar-refractivity contribution in [3.05, 3.63) is 35.7 Å². The molecule has 3 aliphatic rings. The summed E-state index contributed by atoms with van der Waals surface area (Å²) in [5.41, 5.74) is 1.91. The fraction of sp³-hybridized carbons (Fsp3) is 0.571. The molecule has 1 saturated carbocycles. The third kappa shape index (κ3) is 3.44. The minimum Gasteiger partial charge on any atom is -0.380 e. The highest BCUT2D eigenvalue weighted by molar-refractivity contribution is 5.95. The molecule has 0 radical (unpaired) electrons. The number of benzene rings is 1. The van der Waals surface area contributed by atoms with E-state index in [2.05, 4.69) is 20.4 Å². The first-order valence-electron chi connectivity index (χ1n) is 10.1. The number of likely N-dealkylation sites (tertiary alicyclic amines) is 1. The molecule has 3 heterocycles. The summed E-state index contributed by atoms with van der Waals surface area (Å²) in [6.45, 7) is 6.80. The summed E-state index contributed by atoms with van der Waals surface area (Å²) in [6, 6.07) is 7.38. The highest BCUT2D eigenvalue weighted by Crippen LogP contribution is 2.41. The van der Waals surface area contributed by atoms with Crippen molar-refractivity contribution in [3.8, 4) is 11.4 Å². The van der Waals surface area contributed by atoms with Crippen molar-refractivity contribution in [3.63, 3.8) is 0 Å². The SMILES string of the molecule is Cc1nc(-c2ccc(C(=O)NC3(CN4CCC5(CC4)COC5)CC3)cc2)no1. The lowest BCUT2D eigenvalue weighted by Crippen LogP contribution is -2.54. The number of aromatic nitrogens is 2. The van der Waals surface area contributed by atoms with Crippen molar-refractivity contribution in [1.29, 1.82) is 0 Å². The first-order valence-corrected chi connectivity index (χ1v) is 10.1. The van der Waals surface area contributed by atoms with Crippen LogP contribution in [0, 0.1) is 12.3 Å². The predicted octanol–water partition coefficient (Wildman–Crippen LogP) is 2.42. The second kappa shape index (κ2) is 6.67. The Kier molecular flexibility index (Phi) is 4.25. The van der Waals surface area contributed by atoms with Gasteiger partial charge >= 0.3 is 0 Å². The van der Waals surface area contributed by atoms with E-state index in [1.165, 1.54) is 12.8 Å². The van der Waals surface area contributed by atoms with Gasteiger partial charge in [-0.05, 0) is 50.9 Å². The number of hydrogen-bond donors (Lipinski definition) is 1. The van der Waals surface area contributed by atoms with Gasteiger partial charge in [-0.1, -0.05) is 17.3 Å². The van der Waals surface area contributed by atoms with Crippen LogP contribution >= 0.6 is 0 Å².